The number of hydrogen-bond acceptors (Lipinski definition) is 3. The van der Waals surface area contributed by atoms with E-state index in [1.165, 1.54) is 6.07 Å². The van der Waals surface area contributed by atoms with Crippen LogP contribution in [0.15, 0.2) is 42.6 Å². The summed E-state index contributed by atoms with van der Waals surface area (Å²) in [6.07, 6.45) is 1.69. The number of benzene rings is 1. The summed E-state index contributed by atoms with van der Waals surface area (Å²) >= 11 is 0. The van der Waals surface area contributed by atoms with Crippen LogP contribution in [0.4, 0.5) is 4.39 Å². The molecule has 1 atom stereocenters. The second-order valence-electron chi connectivity index (χ2n) is 4.31. The Morgan fingerprint density at radius 2 is 2.16 bits per heavy atom. The van der Waals surface area contributed by atoms with E-state index in [1.807, 2.05) is 38.2 Å². The topological polar surface area (TPSA) is 34.1 Å². The van der Waals surface area contributed by atoms with Crippen molar-refractivity contribution >= 4 is 0 Å². The molecule has 0 saturated heterocycles. The van der Waals surface area contributed by atoms with Crippen LogP contribution in [0.3, 0.4) is 0 Å². The van der Waals surface area contributed by atoms with Crippen LogP contribution in [0.25, 0.3) is 0 Å². The zero-order valence-electron chi connectivity index (χ0n) is 11.1. The largest absolute Gasteiger partial charge is 0.484 e. The molecule has 2 rings (SSSR count). The van der Waals surface area contributed by atoms with Gasteiger partial charge in [-0.15, -0.1) is 0 Å². The maximum absolute atomic E-state index is 13.9. The van der Waals surface area contributed by atoms with Crippen molar-refractivity contribution in [3.8, 4) is 5.75 Å². The zero-order valence-corrected chi connectivity index (χ0v) is 11.1. The van der Waals surface area contributed by atoms with E-state index in [2.05, 4.69) is 10.3 Å². The normalized spacial score (nSPS) is 12.2. The highest BCUT2D eigenvalue weighted by Crippen LogP contribution is 2.22. The monoisotopic (exact) mass is 260 g/mol. The minimum Gasteiger partial charge on any atom is -0.484 e. The van der Waals surface area contributed by atoms with Crippen molar-refractivity contribution in [3.05, 3.63) is 59.7 Å². The number of nitrogens with one attached hydrogen (secondary N) is 1. The van der Waals surface area contributed by atoms with Crippen LogP contribution >= 0.6 is 0 Å². The summed E-state index contributed by atoms with van der Waals surface area (Å²) in [7, 11) is 1.84. The molecule has 0 aliphatic heterocycles. The predicted octanol–water partition coefficient (Wildman–Crippen LogP) is 3.08. The Balaban J connectivity index is 2.05. The quantitative estimate of drug-likeness (QED) is 0.897. The molecular formula is C15H17FN2O. The minimum atomic E-state index is -0.351. The minimum absolute atomic E-state index is 0.111. The van der Waals surface area contributed by atoms with Gasteiger partial charge in [0.2, 0.25) is 0 Å². The van der Waals surface area contributed by atoms with Gasteiger partial charge in [-0.2, -0.15) is 0 Å². The number of halogens is 1. The fourth-order valence-corrected chi connectivity index (χ4v) is 1.71. The van der Waals surface area contributed by atoms with Crippen molar-refractivity contribution in [3.63, 3.8) is 0 Å². The molecule has 2 aromatic rings. The number of rotatable bonds is 5. The van der Waals surface area contributed by atoms with E-state index >= 15 is 0 Å². The first kappa shape index (κ1) is 13.5. The lowest BCUT2D eigenvalue weighted by Gasteiger charge is -2.12. The van der Waals surface area contributed by atoms with Crippen LogP contribution in [0.5, 0.6) is 5.75 Å². The number of hydrogen-bond donors (Lipinski definition) is 1. The fraction of sp³-hybridized carbons (Fsp3) is 0.267. The molecule has 1 heterocycles. The Labute approximate surface area is 112 Å². The Hall–Kier alpha value is -1.94. The van der Waals surface area contributed by atoms with E-state index < -0.39 is 0 Å². The van der Waals surface area contributed by atoms with Crippen molar-refractivity contribution in [2.24, 2.45) is 0 Å². The van der Waals surface area contributed by atoms with Gasteiger partial charge < -0.3 is 10.1 Å². The molecule has 0 saturated carbocycles. The lowest BCUT2D eigenvalue weighted by molar-refractivity contribution is 0.285. The van der Waals surface area contributed by atoms with Gasteiger partial charge in [0.1, 0.15) is 6.61 Å². The van der Waals surface area contributed by atoms with Crippen molar-refractivity contribution < 1.29 is 9.13 Å². The highest BCUT2D eigenvalue weighted by Gasteiger charge is 2.08. The average Bonchev–Trinajstić information content (AvgIpc) is 2.46. The Kier molecular flexibility index (Phi) is 4.47. The Bertz CT molecular complexity index is 531. The first-order chi connectivity index (χ1) is 9.20. The van der Waals surface area contributed by atoms with Crippen molar-refractivity contribution in [1.82, 2.24) is 10.3 Å². The molecule has 1 N–H and O–H groups in total. The van der Waals surface area contributed by atoms with E-state index in [0.29, 0.717) is 0 Å². The van der Waals surface area contributed by atoms with Crippen molar-refractivity contribution in [1.29, 1.82) is 0 Å². The lowest BCUT2D eigenvalue weighted by Crippen LogP contribution is -2.12. The summed E-state index contributed by atoms with van der Waals surface area (Å²) in [6.45, 7) is 2.24. The van der Waals surface area contributed by atoms with Crippen molar-refractivity contribution in [2.45, 2.75) is 19.6 Å². The molecule has 0 aliphatic rings. The van der Waals surface area contributed by atoms with E-state index in [-0.39, 0.29) is 24.2 Å². The maximum atomic E-state index is 13.9. The number of ether oxygens (including phenoxy) is 1. The van der Waals surface area contributed by atoms with Crippen LogP contribution in [0.2, 0.25) is 0 Å². The van der Waals surface area contributed by atoms with Crippen LogP contribution in [0, 0.1) is 5.82 Å². The van der Waals surface area contributed by atoms with Crippen LogP contribution < -0.4 is 10.1 Å². The predicted molar refractivity (Wildman–Crippen MR) is 72.4 cm³/mol. The number of pyridine rings is 1. The third kappa shape index (κ3) is 3.51. The number of aromatic nitrogens is 1. The van der Waals surface area contributed by atoms with E-state index in [4.69, 9.17) is 4.74 Å². The van der Waals surface area contributed by atoms with Crippen LogP contribution in [-0.2, 0) is 6.61 Å². The third-order valence-corrected chi connectivity index (χ3v) is 2.99. The standard InChI is InChI=1S/C15H17FN2O/c1-11(17-2)12-6-7-15(14(16)9-12)19-10-13-5-3-4-8-18-13/h3-9,11,17H,10H2,1-2H3. The zero-order chi connectivity index (χ0) is 13.7. The summed E-state index contributed by atoms with van der Waals surface area (Å²) in [5, 5.41) is 3.07. The summed E-state index contributed by atoms with van der Waals surface area (Å²) in [5.41, 5.74) is 1.67. The van der Waals surface area contributed by atoms with Crippen molar-refractivity contribution in [2.75, 3.05) is 7.05 Å². The van der Waals surface area contributed by atoms with E-state index in [9.17, 15) is 4.39 Å². The van der Waals surface area contributed by atoms with Gasteiger partial charge in [0.15, 0.2) is 11.6 Å². The molecule has 0 aliphatic carbocycles. The van der Waals surface area contributed by atoms with Gasteiger partial charge >= 0.3 is 0 Å². The third-order valence-electron chi connectivity index (χ3n) is 2.99. The molecule has 0 radical (unpaired) electrons. The molecule has 0 spiro atoms. The molecule has 1 aromatic carbocycles. The molecule has 1 aromatic heterocycles. The molecule has 0 amide bonds. The second kappa shape index (κ2) is 6.29. The highest BCUT2D eigenvalue weighted by molar-refractivity contribution is 5.31. The van der Waals surface area contributed by atoms with Gasteiger partial charge in [-0.05, 0) is 43.8 Å². The summed E-state index contributed by atoms with van der Waals surface area (Å²) in [5.74, 6) is -0.103. The SMILES string of the molecule is CNC(C)c1ccc(OCc2ccccn2)c(F)c1. The number of nitrogens with zero attached hydrogens (tertiary/aromatic N) is 1. The van der Waals surface area contributed by atoms with Gasteiger partial charge in [-0.25, -0.2) is 4.39 Å². The first-order valence-electron chi connectivity index (χ1n) is 6.20. The summed E-state index contributed by atoms with van der Waals surface area (Å²) in [4.78, 5) is 4.13. The molecular weight excluding hydrogens is 243 g/mol. The van der Waals surface area contributed by atoms with Gasteiger partial charge in [-0.3, -0.25) is 4.98 Å². The van der Waals surface area contributed by atoms with Crippen LogP contribution in [0.1, 0.15) is 24.2 Å². The average molecular weight is 260 g/mol. The summed E-state index contributed by atoms with van der Waals surface area (Å²) in [6, 6.07) is 10.7. The Morgan fingerprint density at radius 3 is 2.79 bits per heavy atom. The highest BCUT2D eigenvalue weighted by atomic mass is 19.1. The maximum Gasteiger partial charge on any atom is 0.165 e. The van der Waals surface area contributed by atoms with Gasteiger partial charge in [-0.1, -0.05) is 12.1 Å². The fourth-order valence-electron chi connectivity index (χ4n) is 1.71. The van der Waals surface area contributed by atoms with Crippen LogP contribution in [-0.4, -0.2) is 12.0 Å². The Morgan fingerprint density at radius 1 is 1.32 bits per heavy atom. The molecule has 100 valence electrons. The lowest BCUT2D eigenvalue weighted by atomic mass is 10.1. The molecule has 0 bridgehead atoms. The van der Waals surface area contributed by atoms with Gasteiger partial charge in [0.25, 0.3) is 0 Å². The molecule has 1 unspecified atom stereocenters. The molecule has 19 heavy (non-hydrogen) atoms. The molecule has 4 heteroatoms. The first-order valence-corrected chi connectivity index (χ1v) is 6.20. The second-order valence-corrected chi connectivity index (χ2v) is 4.31. The van der Waals surface area contributed by atoms with Gasteiger partial charge in [0, 0.05) is 12.2 Å². The van der Waals surface area contributed by atoms with E-state index in [0.717, 1.165) is 11.3 Å². The van der Waals surface area contributed by atoms with Gasteiger partial charge in [0.05, 0.1) is 5.69 Å². The molecule has 0 fully saturated rings. The summed E-state index contributed by atoms with van der Waals surface area (Å²) < 4.78 is 19.3. The molecule has 3 nitrogen and oxygen atoms in total. The van der Waals surface area contributed by atoms with E-state index in [1.54, 1.807) is 12.3 Å². The smallest absolute Gasteiger partial charge is 0.165 e.